The smallest absolute Gasteiger partial charge is 0.326 e. The molecule has 0 saturated heterocycles. The largest absolute Gasteiger partial charge is 0.451 e. The van der Waals surface area contributed by atoms with Gasteiger partial charge in [-0.05, 0) is 25.8 Å². The monoisotopic (exact) mass is 376 g/mol. The van der Waals surface area contributed by atoms with Gasteiger partial charge in [0.1, 0.15) is 6.54 Å². The van der Waals surface area contributed by atoms with Gasteiger partial charge in [0, 0.05) is 11.1 Å². The standard InChI is InChI=1S/C19H24N2O4S/c1-4-8-16(15-9-6-5-7-10-15)20-18(23)14(3)25-17(22)11-21-13(2)12-26-19(21)24/h5-7,9-10,12,14,16H,4,8,11H2,1-3H3,(H,20,23)/t14-,16-/m1/s1. The zero-order valence-corrected chi connectivity index (χ0v) is 16.0. The molecule has 0 spiro atoms. The molecule has 6 nitrogen and oxygen atoms in total. The zero-order chi connectivity index (χ0) is 19.1. The molecule has 1 aromatic carbocycles. The first-order chi connectivity index (χ1) is 12.4. The van der Waals surface area contributed by atoms with Crippen molar-refractivity contribution in [3.05, 3.63) is 56.6 Å². The molecule has 0 saturated carbocycles. The minimum absolute atomic E-state index is 0.128. The molecule has 0 bridgehead atoms. The van der Waals surface area contributed by atoms with E-state index in [-0.39, 0.29) is 23.4 Å². The molecule has 2 rings (SSSR count). The first-order valence-electron chi connectivity index (χ1n) is 8.62. The number of amides is 1. The van der Waals surface area contributed by atoms with Gasteiger partial charge in [-0.1, -0.05) is 55.0 Å². The van der Waals surface area contributed by atoms with Crippen molar-refractivity contribution < 1.29 is 14.3 Å². The Hall–Kier alpha value is -2.41. The molecule has 2 aromatic rings. The summed E-state index contributed by atoms with van der Waals surface area (Å²) in [6.07, 6.45) is 0.772. The summed E-state index contributed by atoms with van der Waals surface area (Å²) in [6, 6.07) is 9.57. The van der Waals surface area contributed by atoms with Gasteiger partial charge in [0.25, 0.3) is 5.91 Å². The Bertz CT molecular complexity index is 797. The SMILES string of the molecule is CCC[C@@H](NC(=O)[C@@H](C)OC(=O)Cn1c(C)csc1=O)c1ccccc1. The van der Waals surface area contributed by atoms with Gasteiger partial charge in [-0.25, -0.2) is 0 Å². The van der Waals surface area contributed by atoms with Crippen LogP contribution in [0.25, 0.3) is 0 Å². The number of carbonyl (C=O) groups is 2. The molecule has 1 N–H and O–H groups in total. The Labute approximate surface area is 156 Å². The van der Waals surface area contributed by atoms with E-state index in [0.29, 0.717) is 5.69 Å². The van der Waals surface area contributed by atoms with Gasteiger partial charge in [-0.3, -0.25) is 19.0 Å². The number of rotatable bonds is 8. The molecule has 0 aliphatic rings. The van der Waals surface area contributed by atoms with Crippen molar-refractivity contribution in [2.24, 2.45) is 0 Å². The molecular formula is C19H24N2O4S. The molecule has 0 radical (unpaired) electrons. The van der Waals surface area contributed by atoms with E-state index < -0.39 is 12.1 Å². The molecule has 1 heterocycles. The number of nitrogens with one attached hydrogen (secondary N) is 1. The van der Waals surface area contributed by atoms with Crippen LogP contribution in [0.2, 0.25) is 0 Å². The third-order valence-corrected chi connectivity index (χ3v) is 4.92. The van der Waals surface area contributed by atoms with Gasteiger partial charge in [0.05, 0.1) is 6.04 Å². The quantitative estimate of drug-likeness (QED) is 0.719. The maximum absolute atomic E-state index is 12.4. The summed E-state index contributed by atoms with van der Waals surface area (Å²) >= 11 is 1.03. The van der Waals surface area contributed by atoms with Crippen molar-refractivity contribution >= 4 is 23.2 Å². The van der Waals surface area contributed by atoms with E-state index >= 15 is 0 Å². The van der Waals surface area contributed by atoms with Gasteiger partial charge in [-0.15, -0.1) is 0 Å². The fourth-order valence-electron chi connectivity index (χ4n) is 2.60. The van der Waals surface area contributed by atoms with Crippen LogP contribution < -0.4 is 10.2 Å². The topological polar surface area (TPSA) is 77.4 Å². The summed E-state index contributed by atoms with van der Waals surface area (Å²) in [5, 5.41) is 4.62. The lowest BCUT2D eigenvalue weighted by Gasteiger charge is -2.21. The lowest BCUT2D eigenvalue weighted by atomic mass is 10.0. The number of ether oxygens (including phenoxy) is 1. The average Bonchev–Trinajstić information content (AvgIpc) is 2.93. The Morgan fingerprint density at radius 1 is 1.27 bits per heavy atom. The highest BCUT2D eigenvalue weighted by molar-refractivity contribution is 7.07. The van der Waals surface area contributed by atoms with E-state index in [1.54, 1.807) is 12.3 Å². The molecule has 2 atom stereocenters. The number of hydrogen-bond donors (Lipinski definition) is 1. The Kier molecular flexibility index (Phi) is 7.15. The predicted molar refractivity (Wildman–Crippen MR) is 101 cm³/mol. The Morgan fingerprint density at radius 2 is 1.96 bits per heavy atom. The highest BCUT2D eigenvalue weighted by atomic mass is 32.1. The zero-order valence-electron chi connectivity index (χ0n) is 15.2. The lowest BCUT2D eigenvalue weighted by molar-refractivity contribution is -0.155. The van der Waals surface area contributed by atoms with Crippen LogP contribution in [0, 0.1) is 6.92 Å². The van der Waals surface area contributed by atoms with Crippen LogP contribution in [0.1, 0.15) is 44.0 Å². The third kappa shape index (κ3) is 5.29. The van der Waals surface area contributed by atoms with E-state index in [9.17, 15) is 14.4 Å². The molecule has 0 fully saturated rings. The van der Waals surface area contributed by atoms with Crippen molar-refractivity contribution in [2.45, 2.75) is 52.3 Å². The van der Waals surface area contributed by atoms with Crippen LogP contribution in [0.4, 0.5) is 0 Å². The second kappa shape index (κ2) is 9.33. The van der Waals surface area contributed by atoms with Crippen molar-refractivity contribution in [3.8, 4) is 0 Å². The molecule has 0 unspecified atom stereocenters. The van der Waals surface area contributed by atoms with Crippen molar-refractivity contribution in [1.29, 1.82) is 0 Å². The average molecular weight is 376 g/mol. The Morgan fingerprint density at radius 3 is 2.54 bits per heavy atom. The summed E-state index contributed by atoms with van der Waals surface area (Å²) < 4.78 is 6.54. The second-order valence-electron chi connectivity index (χ2n) is 6.12. The number of thiazole rings is 1. The van der Waals surface area contributed by atoms with Crippen LogP contribution in [-0.4, -0.2) is 22.5 Å². The number of aromatic nitrogens is 1. The molecule has 26 heavy (non-hydrogen) atoms. The van der Waals surface area contributed by atoms with E-state index in [0.717, 1.165) is 29.7 Å². The molecular weight excluding hydrogens is 352 g/mol. The molecule has 7 heteroatoms. The minimum Gasteiger partial charge on any atom is -0.451 e. The summed E-state index contributed by atoms with van der Waals surface area (Å²) in [4.78, 5) is 35.9. The number of esters is 1. The number of aryl methyl sites for hydroxylation is 1. The van der Waals surface area contributed by atoms with Crippen LogP contribution >= 0.6 is 11.3 Å². The number of benzene rings is 1. The van der Waals surface area contributed by atoms with Gasteiger partial charge >= 0.3 is 10.8 Å². The van der Waals surface area contributed by atoms with Crippen LogP contribution in [-0.2, 0) is 20.9 Å². The van der Waals surface area contributed by atoms with Crippen LogP contribution in [0.15, 0.2) is 40.5 Å². The van der Waals surface area contributed by atoms with E-state index in [2.05, 4.69) is 5.32 Å². The highest BCUT2D eigenvalue weighted by Gasteiger charge is 2.22. The van der Waals surface area contributed by atoms with Crippen LogP contribution in [0.5, 0.6) is 0 Å². The van der Waals surface area contributed by atoms with E-state index in [4.69, 9.17) is 4.74 Å². The first-order valence-corrected chi connectivity index (χ1v) is 9.50. The fraction of sp³-hybridized carbons (Fsp3) is 0.421. The van der Waals surface area contributed by atoms with Gasteiger partial charge < -0.3 is 10.1 Å². The second-order valence-corrected chi connectivity index (χ2v) is 6.94. The highest BCUT2D eigenvalue weighted by Crippen LogP contribution is 2.18. The number of nitrogens with zero attached hydrogens (tertiary/aromatic N) is 1. The van der Waals surface area contributed by atoms with Gasteiger partial charge in [0.15, 0.2) is 6.10 Å². The molecule has 0 aliphatic heterocycles. The van der Waals surface area contributed by atoms with Gasteiger partial charge in [0.2, 0.25) is 0 Å². The van der Waals surface area contributed by atoms with E-state index in [1.165, 1.54) is 11.5 Å². The first kappa shape index (κ1) is 19.9. The number of carbonyl (C=O) groups excluding carboxylic acids is 2. The molecule has 1 aromatic heterocycles. The summed E-state index contributed by atoms with van der Waals surface area (Å²) in [5.41, 5.74) is 1.71. The molecule has 1 amide bonds. The summed E-state index contributed by atoms with van der Waals surface area (Å²) in [5.74, 6) is -0.960. The fourth-order valence-corrected chi connectivity index (χ4v) is 3.33. The molecule has 0 aliphatic carbocycles. The maximum atomic E-state index is 12.4. The van der Waals surface area contributed by atoms with Crippen LogP contribution in [0.3, 0.4) is 0 Å². The normalized spacial score (nSPS) is 13.0. The Balaban J connectivity index is 1.95. The van der Waals surface area contributed by atoms with Crippen molar-refractivity contribution in [2.75, 3.05) is 0 Å². The van der Waals surface area contributed by atoms with E-state index in [1.807, 2.05) is 37.3 Å². The maximum Gasteiger partial charge on any atom is 0.326 e. The van der Waals surface area contributed by atoms with Gasteiger partial charge in [-0.2, -0.15) is 0 Å². The number of hydrogen-bond acceptors (Lipinski definition) is 5. The molecule has 140 valence electrons. The lowest BCUT2D eigenvalue weighted by Crippen LogP contribution is -2.39. The third-order valence-electron chi connectivity index (χ3n) is 4.04. The van der Waals surface area contributed by atoms with Crippen molar-refractivity contribution in [3.63, 3.8) is 0 Å². The predicted octanol–water partition coefficient (Wildman–Crippen LogP) is 2.81. The minimum atomic E-state index is -0.930. The summed E-state index contributed by atoms with van der Waals surface area (Å²) in [6.45, 7) is 5.14. The summed E-state index contributed by atoms with van der Waals surface area (Å²) in [7, 11) is 0. The van der Waals surface area contributed by atoms with Crippen molar-refractivity contribution in [1.82, 2.24) is 9.88 Å².